The van der Waals surface area contributed by atoms with E-state index in [0.29, 0.717) is 6.42 Å². The van der Waals surface area contributed by atoms with E-state index in [1.54, 1.807) is 11.3 Å². The summed E-state index contributed by atoms with van der Waals surface area (Å²) in [5.41, 5.74) is 3.99. The third-order valence-corrected chi connectivity index (χ3v) is 4.10. The van der Waals surface area contributed by atoms with Crippen LogP contribution >= 0.6 is 11.3 Å². The monoisotopic (exact) mass is 268 g/mol. The molecule has 0 bridgehead atoms. The fraction of sp³-hybridized carbons (Fsp3) is 0.214. The molecule has 2 heterocycles. The second-order valence-electron chi connectivity index (χ2n) is 4.40. The van der Waals surface area contributed by atoms with E-state index >= 15 is 0 Å². The van der Waals surface area contributed by atoms with E-state index in [1.165, 1.54) is 0 Å². The molecule has 0 radical (unpaired) electrons. The highest BCUT2D eigenvalue weighted by molar-refractivity contribution is 7.13. The standard InChI is InChI=1S/C14H12N4S/c1-9-16-12-7-10(3-4-13(12)18(9)2)14-17-11(5-6-15)8-19-14/h3-4,7-8H,5H2,1-2H3. The predicted molar refractivity (Wildman–Crippen MR) is 75.9 cm³/mol. The van der Waals surface area contributed by atoms with Gasteiger partial charge < -0.3 is 4.57 Å². The lowest BCUT2D eigenvalue weighted by Gasteiger charge is -1.98. The summed E-state index contributed by atoms with van der Waals surface area (Å²) in [7, 11) is 2.01. The van der Waals surface area contributed by atoms with Crippen molar-refractivity contribution in [2.24, 2.45) is 7.05 Å². The molecule has 0 atom stereocenters. The number of rotatable bonds is 2. The quantitative estimate of drug-likeness (QED) is 0.717. The summed E-state index contributed by atoms with van der Waals surface area (Å²) in [4.78, 5) is 9.00. The molecule has 0 saturated heterocycles. The highest BCUT2D eigenvalue weighted by Gasteiger charge is 2.08. The van der Waals surface area contributed by atoms with Gasteiger partial charge in [-0.15, -0.1) is 11.3 Å². The van der Waals surface area contributed by atoms with Crippen molar-refractivity contribution < 1.29 is 0 Å². The SMILES string of the molecule is Cc1nc2cc(-c3nc(CC#N)cs3)ccc2n1C. The maximum Gasteiger partial charge on any atom is 0.123 e. The normalized spacial score (nSPS) is 10.8. The number of aryl methyl sites for hydroxylation is 2. The Morgan fingerprint density at radius 2 is 2.21 bits per heavy atom. The summed E-state index contributed by atoms with van der Waals surface area (Å²) < 4.78 is 2.07. The second kappa shape index (κ2) is 4.48. The first-order valence-electron chi connectivity index (χ1n) is 5.94. The summed E-state index contributed by atoms with van der Waals surface area (Å²) in [6, 6.07) is 8.29. The lowest BCUT2D eigenvalue weighted by Crippen LogP contribution is -1.89. The Kier molecular flexibility index (Phi) is 2.80. The Balaban J connectivity index is 2.07. The number of aromatic nitrogens is 3. The van der Waals surface area contributed by atoms with Gasteiger partial charge in [-0.1, -0.05) is 0 Å². The van der Waals surface area contributed by atoms with E-state index in [0.717, 1.165) is 33.1 Å². The molecule has 0 unspecified atom stereocenters. The first-order chi connectivity index (χ1) is 9.19. The molecule has 0 N–H and O–H groups in total. The Labute approximate surface area is 115 Å². The maximum absolute atomic E-state index is 8.68. The van der Waals surface area contributed by atoms with Crippen molar-refractivity contribution in [1.29, 1.82) is 5.26 Å². The average Bonchev–Trinajstić information content (AvgIpc) is 2.96. The third kappa shape index (κ3) is 2.00. The average molecular weight is 268 g/mol. The molecule has 0 aliphatic heterocycles. The van der Waals surface area contributed by atoms with E-state index < -0.39 is 0 Å². The molecule has 2 aromatic heterocycles. The van der Waals surface area contributed by atoms with Crippen molar-refractivity contribution in [2.75, 3.05) is 0 Å². The van der Waals surface area contributed by atoms with Crippen LogP contribution in [-0.2, 0) is 13.5 Å². The molecule has 0 spiro atoms. The van der Waals surface area contributed by atoms with Gasteiger partial charge in [-0.2, -0.15) is 5.26 Å². The summed E-state index contributed by atoms with van der Waals surface area (Å²) >= 11 is 1.57. The van der Waals surface area contributed by atoms with E-state index in [1.807, 2.05) is 19.4 Å². The fourth-order valence-corrected chi connectivity index (χ4v) is 2.87. The van der Waals surface area contributed by atoms with Crippen LogP contribution in [0.5, 0.6) is 0 Å². The highest BCUT2D eigenvalue weighted by atomic mass is 32.1. The van der Waals surface area contributed by atoms with Crippen LogP contribution < -0.4 is 0 Å². The van der Waals surface area contributed by atoms with Gasteiger partial charge >= 0.3 is 0 Å². The zero-order chi connectivity index (χ0) is 13.4. The van der Waals surface area contributed by atoms with Crippen LogP contribution in [0.1, 0.15) is 11.5 Å². The Morgan fingerprint density at radius 3 is 3.00 bits per heavy atom. The van der Waals surface area contributed by atoms with Gasteiger partial charge in [-0.3, -0.25) is 0 Å². The number of nitrogens with zero attached hydrogens (tertiary/aromatic N) is 4. The van der Waals surface area contributed by atoms with Crippen LogP contribution in [-0.4, -0.2) is 14.5 Å². The zero-order valence-corrected chi connectivity index (χ0v) is 11.5. The predicted octanol–water partition coefficient (Wildman–Crippen LogP) is 3.07. The molecule has 4 nitrogen and oxygen atoms in total. The summed E-state index contributed by atoms with van der Waals surface area (Å²) in [6.07, 6.45) is 0.363. The van der Waals surface area contributed by atoms with Gasteiger partial charge in [0.15, 0.2) is 0 Å². The molecule has 19 heavy (non-hydrogen) atoms. The molecule has 94 valence electrons. The second-order valence-corrected chi connectivity index (χ2v) is 5.26. The maximum atomic E-state index is 8.68. The Bertz CT molecular complexity index is 791. The minimum absolute atomic E-state index is 0.363. The van der Waals surface area contributed by atoms with E-state index in [9.17, 15) is 0 Å². The molecule has 0 fully saturated rings. The number of fused-ring (bicyclic) bond motifs is 1. The lowest BCUT2D eigenvalue weighted by molar-refractivity contribution is 0.886. The van der Waals surface area contributed by atoms with Crippen molar-refractivity contribution >= 4 is 22.4 Å². The smallest absolute Gasteiger partial charge is 0.123 e. The molecule has 0 amide bonds. The van der Waals surface area contributed by atoms with Crippen LogP contribution in [0.25, 0.3) is 21.6 Å². The van der Waals surface area contributed by atoms with Crippen LogP contribution in [0.4, 0.5) is 0 Å². The molecular weight excluding hydrogens is 256 g/mol. The highest BCUT2D eigenvalue weighted by Crippen LogP contribution is 2.27. The van der Waals surface area contributed by atoms with Gasteiger partial charge in [0.2, 0.25) is 0 Å². The Hall–Kier alpha value is -2.19. The largest absolute Gasteiger partial charge is 0.331 e. The molecule has 0 aliphatic rings. The zero-order valence-electron chi connectivity index (χ0n) is 10.7. The van der Waals surface area contributed by atoms with Gasteiger partial charge in [-0.25, -0.2) is 9.97 Å². The van der Waals surface area contributed by atoms with Crippen LogP contribution in [0.15, 0.2) is 23.6 Å². The van der Waals surface area contributed by atoms with Crippen LogP contribution in [0.2, 0.25) is 0 Å². The number of benzene rings is 1. The van der Waals surface area contributed by atoms with Gasteiger partial charge in [0.25, 0.3) is 0 Å². The minimum atomic E-state index is 0.363. The molecule has 0 aliphatic carbocycles. The summed E-state index contributed by atoms with van der Waals surface area (Å²) in [6.45, 7) is 1.99. The molecular formula is C14H12N4S. The van der Waals surface area contributed by atoms with E-state index in [-0.39, 0.29) is 0 Å². The van der Waals surface area contributed by atoms with E-state index in [4.69, 9.17) is 5.26 Å². The van der Waals surface area contributed by atoms with Gasteiger partial charge in [0, 0.05) is 18.0 Å². The van der Waals surface area contributed by atoms with Crippen molar-refractivity contribution in [3.8, 4) is 16.6 Å². The third-order valence-electron chi connectivity index (χ3n) is 3.16. The lowest BCUT2D eigenvalue weighted by atomic mass is 10.2. The van der Waals surface area contributed by atoms with Crippen LogP contribution in [0, 0.1) is 18.3 Å². The topological polar surface area (TPSA) is 54.5 Å². The number of hydrogen-bond acceptors (Lipinski definition) is 4. The van der Waals surface area contributed by atoms with Crippen molar-refractivity contribution in [3.63, 3.8) is 0 Å². The summed E-state index contributed by atoms with van der Waals surface area (Å²) in [5.74, 6) is 0.997. The van der Waals surface area contributed by atoms with Crippen molar-refractivity contribution in [1.82, 2.24) is 14.5 Å². The fourth-order valence-electron chi connectivity index (χ4n) is 2.06. The molecule has 0 saturated carbocycles. The van der Waals surface area contributed by atoms with Crippen LogP contribution in [0.3, 0.4) is 0 Å². The molecule has 3 rings (SSSR count). The van der Waals surface area contributed by atoms with E-state index in [2.05, 4.69) is 38.8 Å². The number of nitriles is 1. The van der Waals surface area contributed by atoms with Crippen molar-refractivity contribution in [3.05, 3.63) is 35.1 Å². The minimum Gasteiger partial charge on any atom is -0.331 e. The molecule has 1 aromatic carbocycles. The van der Waals surface area contributed by atoms with Gasteiger partial charge in [0.05, 0.1) is 29.2 Å². The number of thiazole rings is 1. The first-order valence-corrected chi connectivity index (χ1v) is 6.82. The molecule has 3 aromatic rings. The molecule has 5 heteroatoms. The number of imidazole rings is 1. The summed E-state index contributed by atoms with van der Waals surface area (Å²) in [5, 5.41) is 11.6. The van der Waals surface area contributed by atoms with Gasteiger partial charge in [0.1, 0.15) is 10.8 Å². The van der Waals surface area contributed by atoms with Crippen molar-refractivity contribution in [2.45, 2.75) is 13.3 Å². The van der Waals surface area contributed by atoms with Gasteiger partial charge in [-0.05, 0) is 25.1 Å². The number of hydrogen-bond donors (Lipinski definition) is 0. The Morgan fingerprint density at radius 1 is 1.37 bits per heavy atom. The first kappa shape index (κ1) is 11.9.